The molecule has 0 fully saturated rings. The third kappa shape index (κ3) is 4.48. The minimum absolute atomic E-state index is 0.0172. The zero-order valence-electron chi connectivity index (χ0n) is 12.1. The highest BCUT2D eigenvalue weighted by Crippen LogP contribution is 2.27. The van der Waals surface area contributed by atoms with Gasteiger partial charge in [0.15, 0.2) is 5.75 Å². The number of alkyl halides is 2. The summed E-state index contributed by atoms with van der Waals surface area (Å²) in [6, 6.07) is 4.08. The fraction of sp³-hybridized carbons (Fsp3) is 0.214. The van der Waals surface area contributed by atoms with Gasteiger partial charge in [-0.2, -0.15) is 13.9 Å². The van der Waals surface area contributed by atoms with E-state index in [1.807, 2.05) is 0 Å². The Bertz CT molecular complexity index is 749. The number of amides is 1. The molecule has 2 aromatic rings. The second-order valence-electron chi connectivity index (χ2n) is 4.56. The number of ether oxygens (including phenoxy) is 1. The van der Waals surface area contributed by atoms with Crippen molar-refractivity contribution >= 4 is 17.6 Å². The van der Waals surface area contributed by atoms with Gasteiger partial charge in [0.25, 0.3) is 5.91 Å². The Hall–Kier alpha value is -3.04. The van der Waals surface area contributed by atoms with Crippen LogP contribution >= 0.6 is 0 Å². The second-order valence-corrected chi connectivity index (χ2v) is 4.56. The van der Waals surface area contributed by atoms with Gasteiger partial charge in [-0.3, -0.25) is 14.3 Å². The molecule has 7 nitrogen and oxygen atoms in total. The van der Waals surface area contributed by atoms with E-state index in [0.29, 0.717) is 6.07 Å². The van der Waals surface area contributed by atoms with E-state index in [9.17, 15) is 22.8 Å². The Morgan fingerprint density at radius 2 is 2.08 bits per heavy atom. The summed E-state index contributed by atoms with van der Waals surface area (Å²) < 4.78 is 43.2. The summed E-state index contributed by atoms with van der Waals surface area (Å²) in [5, 5.41) is 14.8. The number of rotatable bonds is 7. The Morgan fingerprint density at radius 3 is 2.75 bits per heavy atom. The van der Waals surface area contributed by atoms with Crippen LogP contribution in [0, 0.1) is 5.82 Å². The fourth-order valence-corrected chi connectivity index (χ4v) is 1.88. The molecule has 10 heteroatoms. The van der Waals surface area contributed by atoms with Crippen molar-refractivity contribution in [2.24, 2.45) is 0 Å². The van der Waals surface area contributed by atoms with E-state index in [0.717, 1.165) is 16.8 Å². The maximum atomic E-state index is 13.1. The number of carboxylic acids is 1. The number of hydrogen-bond donors (Lipinski definition) is 2. The van der Waals surface area contributed by atoms with Gasteiger partial charge in [0.2, 0.25) is 0 Å². The first kappa shape index (κ1) is 17.3. The van der Waals surface area contributed by atoms with Crippen LogP contribution in [0.2, 0.25) is 0 Å². The molecule has 128 valence electrons. The predicted molar refractivity (Wildman–Crippen MR) is 75.5 cm³/mol. The zero-order chi connectivity index (χ0) is 17.7. The summed E-state index contributed by atoms with van der Waals surface area (Å²) in [4.78, 5) is 22.8. The summed E-state index contributed by atoms with van der Waals surface area (Å²) in [5.74, 6) is -3.14. The van der Waals surface area contributed by atoms with Crippen molar-refractivity contribution in [1.29, 1.82) is 0 Å². The summed E-state index contributed by atoms with van der Waals surface area (Å²) in [6.07, 6.45) is 1.04. The number of carbonyl (C=O) groups excluding carboxylic acids is 1. The number of aliphatic carboxylic acids is 1. The zero-order valence-corrected chi connectivity index (χ0v) is 12.1. The Kier molecular flexibility index (Phi) is 5.40. The standard InChI is InChI=1S/C14H12F3N3O4/c15-8-1-2-9(11(7-8)24-14(16)17)19-13(23)10-3-5-18-20(10)6-4-12(21)22/h1-3,5,7,14H,4,6H2,(H,19,23)(H,21,22). The summed E-state index contributed by atoms with van der Waals surface area (Å²) >= 11 is 0. The van der Waals surface area contributed by atoms with E-state index in [-0.39, 0.29) is 24.3 Å². The van der Waals surface area contributed by atoms with E-state index >= 15 is 0 Å². The van der Waals surface area contributed by atoms with Crippen molar-refractivity contribution in [1.82, 2.24) is 9.78 Å². The van der Waals surface area contributed by atoms with Crippen LogP contribution in [0.15, 0.2) is 30.5 Å². The first-order valence-corrected chi connectivity index (χ1v) is 6.66. The highest BCUT2D eigenvalue weighted by atomic mass is 19.3. The molecular formula is C14H12F3N3O4. The van der Waals surface area contributed by atoms with E-state index in [2.05, 4.69) is 15.2 Å². The number of aryl methyl sites for hydroxylation is 1. The number of benzene rings is 1. The van der Waals surface area contributed by atoms with Gasteiger partial charge in [-0.15, -0.1) is 0 Å². The molecule has 0 saturated carbocycles. The quantitative estimate of drug-likeness (QED) is 0.805. The number of hydrogen-bond acceptors (Lipinski definition) is 4. The molecule has 1 aromatic carbocycles. The van der Waals surface area contributed by atoms with Gasteiger partial charge >= 0.3 is 12.6 Å². The lowest BCUT2D eigenvalue weighted by molar-refractivity contribution is -0.137. The molecule has 0 aliphatic carbocycles. The third-order valence-corrected chi connectivity index (χ3v) is 2.89. The van der Waals surface area contributed by atoms with Gasteiger partial charge in [0.05, 0.1) is 18.7 Å². The average molecular weight is 343 g/mol. The normalized spacial score (nSPS) is 10.7. The van der Waals surface area contributed by atoms with Gasteiger partial charge in [0, 0.05) is 12.3 Å². The first-order chi connectivity index (χ1) is 11.4. The molecule has 2 N–H and O–H groups in total. The van der Waals surface area contributed by atoms with Crippen molar-refractivity contribution in [3.63, 3.8) is 0 Å². The Labute approximate surface area is 133 Å². The summed E-state index contributed by atoms with van der Waals surface area (Å²) in [6.45, 7) is -3.24. The van der Waals surface area contributed by atoms with Gasteiger partial charge in [0.1, 0.15) is 11.5 Å². The molecule has 0 aliphatic rings. The maximum Gasteiger partial charge on any atom is 0.387 e. The molecule has 0 unspecified atom stereocenters. The Balaban J connectivity index is 2.18. The summed E-state index contributed by atoms with van der Waals surface area (Å²) in [5.41, 5.74) is -0.142. The van der Waals surface area contributed by atoms with Crippen LogP contribution < -0.4 is 10.1 Å². The van der Waals surface area contributed by atoms with E-state index in [4.69, 9.17) is 5.11 Å². The van der Waals surface area contributed by atoms with Crippen LogP contribution in [0.1, 0.15) is 16.9 Å². The minimum atomic E-state index is -3.19. The smallest absolute Gasteiger partial charge is 0.387 e. The second kappa shape index (κ2) is 7.49. The number of halogens is 3. The fourth-order valence-electron chi connectivity index (χ4n) is 1.88. The molecule has 0 spiro atoms. The lowest BCUT2D eigenvalue weighted by atomic mass is 10.2. The number of carbonyl (C=O) groups is 2. The SMILES string of the molecule is O=C(O)CCn1nccc1C(=O)Nc1ccc(F)cc1OC(F)F. The van der Waals surface area contributed by atoms with E-state index in [1.165, 1.54) is 12.3 Å². The Morgan fingerprint density at radius 1 is 1.33 bits per heavy atom. The van der Waals surface area contributed by atoms with Gasteiger partial charge < -0.3 is 15.2 Å². The lowest BCUT2D eigenvalue weighted by Crippen LogP contribution is -2.19. The molecule has 0 saturated heterocycles. The third-order valence-electron chi connectivity index (χ3n) is 2.89. The number of aromatic nitrogens is 2. The van der Waals surface area contributed by atoms with Gasteiger partial charge in [-0.25, -0.2) is 4.39 Å². The van der Waals surface area contributed by atoms with Crippen molar-refractivity contribution in [2.75, 3.05) is 5.32 Å². The van der Waals surface area contributed by atoms with Gasteiger partial charge in [-0.1, -0.05) is 0 Å². The molecule has 1 aromatic heterocycles. The average Bonchev–Trinajstić information content (AvgIpc) is 2.96. The first-order valence-electron chi connectivity index (χ1n) is 6.66. The van der Waals surface area contributed by atoms with Crippen LogP contribution in [-0.4, -0.2) is 33.4 Å². The van der Waals surface area contributed by atoms with Crippen molar-refractivity contribution in [2.45, 2.75) is 19.6 Å². The van der Waals surface area contributed by atoms with Gasteiger partial charge in [-0.05, 0) is 18.2 Å². The molecule has 0 atom stereocenters. The summed E-state index contributed by atoms with van der Waals surface area (Å²) in [7, 11) is 0. The van der Waals surface area contributed by atoms with Crippen LogP contribution in [-0.2, 0) is 11.3 Å². The largest absolute Gasteiger partial charge is 0.481 e. The molecule has 2 rings (SSSR count). The number of nitrogens with zero attached hydrogens (tertiary/aromatic N) is 2. The van der Waals surface area contributed by atoms with E-state index < -0.39 is 30.1 Å². The van der Waals surface area contributed by atoms with Crippen molar-refractivity contribution < 1.29 is 32.6 Å². The van der Waals surface area contributed by atoms with Crippen LogP contribution in [0.3, 0.4) is 0 Å². The molecule has 24 heavy (non-hydrogen) atoms. The van der Waals surface area contributed by atoms with Crippen LogP contribution in [0.4, 0.5) is 18.9 Å². The predicted octanol–water partition coefficient (Wildman–Crippen LogP) is 2.35. The molecule has 1 heterocycles. The molecule has 0 radical (unpaired) electrons. The number of carboxylic acid groups (broad SMARTS) is 1. The number of nitrogens with one attached hydrogen (secondary N) is 1. The number of anilines is 1. The van der Waals surface area contributed by atoms with Crippen molar-refractivity contribution in [3.05, 3.63) is 42.0 Å². The molecular weight excluding hydrogens is 331 g/mol. The van der Waals surface area contributed by atoms with Crippen LogP contribution in [0.5, 0.6) is 5.75 Å². The molecule has 0 aliphatic heterocycles. The van der Waals surface area contributed by atoms with Crippen LogP contribution in [0.25, 0.3) is 0 Å². The van der Waals surface area contributed by atoms with Crippen molar-refractivity contribution in [3.8, 4) is 5.75 Å². The minimum Gasteiger partial charge on any atom is -0.481 e. The topological polar surface area (TPSA) is 93.5 Å². The molecule has 0 bridgehead atoms. The highest BCUT2D eigenvalue weighted by Gasteiger charge is 2.17. The lowest BCUT2D eigenvalue weighted by Gasteiger charge is -2.12. The van der Waals surface area contributed by atoms with E-state index in [1.54, 1.807) is 0 Å². The monoisotopic (exact) mass is 343 g/mol. The molecule has 1 amide bonds. The maximum absolute atomic E-state index is 13.1. The highest BCUT2D eigenvalue weighted by molar-refractivity contribution is 6.03.